The Kier molecular flexibility index (Phi) is 6.06. The molecule has 2 radical (unpaired) electrons. The molecule has 1 saturated carbocycles. The van der Waals surface area contributed by atoms with Crippen molar-refractivity contribution in [2.75, 3.05) is 0 Å². The van der Waals surface area contributed by atoms with E-state index in [9.17, 15) is 8.42 Å². The van der Waals surface area contributed by atoms with Crippen LogP contribution in [0.3, 0.4) is 0 Å². The maximum Gasteiger partial charge on any atom is 0.213 e. The Morgan fingerprint density at radius 2 is 1.63 bits per heavy atom. The van der Waals surface area contributed by atoms with Gasteiger partial charge in [0.05, 0.1) is 0 Å². The van der Waals surface area contributed by atoms with Crippen molar-refractivity contribution in [1.29, 1.82) is 0 Å². The topological polar surface area (TPSA) is 46.2 Å². The Balaban J connectivity index is 0.000000191. The summed E-state index contributed by atoms with van der Waals surface area (Å²) < 4.78 is 20.6. The van der Waals surface area contributed by atoms with Gasteiger partial charge in [-0.15, -0.1) is 0 Å². The predicted octanol–water partition coefficient (Wildman–Crippen LogP) is 2.95. The summed E-state index contributed by atoms with van der Waals surface area (Å²) in [6.07, 6.45) is 10.5. The van der Waals surface area contributed by atoms with E-state index in [0.717, 1.165) is 37.0 Å². The van der Waals surface area contributed by atoms with Gasteiger partial charge in [0.25, 0.3) is 0 Å². The SMILES string of the molecule is CC1(C)[CH][CH]CC(C)(C)N1.O=S(=O)=C1CCCCC1. The standard InChI is InChI=1S/C9H17N.C6H10O2S/c1-8(2)6-5-7-9(3,4)10-8;7-9(8)6-4-2-1-3-5-6/h5-6,10H,7H2,1-4H3;1-5H2. The molecule has 0 spiro atoms. The Morgan fingerprint density at radius 3 is 1.95 bits per heavy atom. The van der Waals surface area contributed by atoms with Crippen molar-refractivity contribution in [3.8, 4) is 0 Å². The molecule has 1 aliphatic heterocycles. The van der Waals surface area contributed by atoms with Crippen LogP contribution in [0.4, 0.5) is 0 Å². The minimum Gasteiger partial charge on any atom is -0.307 e. The smallest absolute Gasteiger partial charge is 0.213 e. The molecule has 1 aliphatic carbocycles. The molecule has 0 aromatic rings. The number of piperidine rings is 1. The zero-order valence-corrected chi connectivity index (χ0v) is 13.4. The average molecular weight is 285 g/mol. The van der Waals surface area contributed by atoms with E-state index in [0.29, 0.717) is 0 Å². The van der Waals surface area contributed by atoms with Crippen LogP contribution < -0.4 is 5.32 Å². The molecule has 0 aromatic carbocycles. The van der Waals surface area contributed by atoms with Crippen molar-refractivity contribution in [2.45, 2.75) is 77.3 Å². The third kappa shape index (κ3) is 6.57. The van der Waals surface area contributed by atoms with E-state index in [2.05, 4.69) is 45.9 Å². The molecule has 1 N–H and O–H groups in total. The summed E-state index contributed by atoms with van der Waals surface area (Å²) in [5.41, 5.74) is 0.458. The van der Waals surface area contributed by atoms with E-state index in [4.69, 9.17) is 0 Å². The fourth-order valence-corrected chi connectivity index (χ4v) is 3.35. The molecular weight excluding hydrogens is 258 g/mol. The molecule has 19 heavy (non-hydrogen) atoms. The number of hydrogen-bond acceptors (Lipinski definition) is 3. The fraction of sp³-hybridized carbons (Fsp3) is 0.800. The van der Waals surface area contributed by atoms with Gasteiger partial charge in [0.1, 0.15) is 0 Å². The first-order chi connectivity index (χ1) is 8.72. The zero-order chi connectivity index (χ0) is 14.5. The minimum absolute atomic E-state index is 0.182. The van der Waals surface area contributed by atoms with Crippen LogP contribution in [0.5, 0.6) is 0 Å². The Hall–Kier alpha value is -0.350. The number of nitrogens with one attached hydrogen (secondary N) is 1. The maximum absolute atomic E-state index is 10.3. The van der Waals surface area contributed by atoms with Gasteiger partial charge in [0, 0.05) is 15.9 Å². The van der Waals surface area contributed by atoms with Crippen LogP contribution in [-0.2, 0) is 10.3 Å². The molecular formula is C15H27NO2S. The summed E-state index contributed by atoms with van der Waals surface area (Å²) in [6, 6.07) is 0. The molecule has 3 nitrogen and oxygen atoms in total. The first-order valence-electron chi connectivity index (χ1n) is 7.13. The van der Waals surface area contributed by atoms with Gasteiger partial charge >= 0.3 is 0 Å². The van der Waals surface area contributed by atoms with Gasteiger partial charge in [-0.1, -0.05) is 6.42 Å². The van der Waals surface area contributed by atoms with E-state index in [1.54, 1.807) is 0 Å². The van der Waals surface area contributed by atoms with Crippen LogP contribution >= 0.6 is 0 Å². The molecule has 2 rings (SSSR count). The van der Waals surface area contributed by atoms with Crippen molar-refractivity contribution >= 4 is 15.2 Å². The summed E-state index contributed by atoms with van der Waals surface area (Å²) in [4.78, 5) is 0.723. The Morgan fingerprint density at radius 1 is 1.05 bits per heavy atom. The summed E-state index contributed by atoms with van der Waals surface area (Å²) in [7, 11) is -1.89. The molecule has 2 fully saturated rings. The van der Waals surface area contributed by atoms with E-state index >= 15 is 0 Å². The van der Waals surface area contributed by atoms with E-state index in [-0.39, 0.29) is 11.1 Å². The predicted molar refractivity (Wildman–Crippen MR) is 81.5 cm³/mol. The van der Waals surface area contributed by atoms with Gasteiger partial charge in [0.2, 0.25) is 10.3 Å². The lowest BCUT2D eigenvalue weighted by Crippen LogP contribution is -2.55. The quantitative estimate of drug-likeness (QED) is 0.696. The molecule has 0 bridgehead atoms. The highest BCUT2D eigenvalue weighted by molar-refractivity contribution is 7.73. The van der Waals surface area contributed by atoms with E-state index in [1.165, 1.54) is 6.42 Å². The molecule has 1 heterocycles. The maximum atomic E-state index is 10.3. The van der Waals surface area contributed by atoms with Crippen LogP contribution in [0, 0.1) is 12.8 Å². The fourth-order valence-electron chi connectivity index (χ4n) is 2.73. The van der Waals surface area contributed by atoms with Crippen molar-refractivity contribution in [3.63, 3.8) is 0 Å². The first kappa shape index (κ1) is 16.7. The van der Waals surface area contributed by atoms with Crippen molar-refractivity contribution in [1.82, 2.24) is 5.32 Å². The highest BCUT2D eigenvalue weighted by Gasteiger charge is 2.31. The second-order valence-corrected chi connectivity index (χ2v) is 7.72. The van der Waals surface area contributed by atoms with Gasteiger partial charge in [-0.2, -0.15) is 8.42 Å². The van der Waals surface area contributed by atoms with Crippen LogP contribution in [-0.4, -0.2) is 24.4 Å². The molecule has 0 atom stereocenters. The normalized spacial score (nSPS) is 25.2. The second kappa shape index (κ2) is 6.89. The van der Waals surface area contributed by atoms with Crippen LogP contribution in [0.1, 0.15) is 66.2 Å². The summed E-state index contributed by atoms with van der Waals surface area (Å²) in [6.45, 7) is 8.87. The Labute approximate surface area is 119 Å². The molecule has 0 aromatic heterocycles. The minimum atomic E-state index is -1.89. The lowest BCUT2D eigenvalue weighted by atomic mass is 9.83. The van der Waals surface area contributed by atoms with Gasteiger partial charge < -0.3 is 5.32 Å². The van der Waals surface area contributed by atoms with Gasteiger partial charge in [0.15, 0.2) is 0 Å². The third-order valence-electron chi connectivity index (χ3n) is 3.47. The van der Waals surface area contributed by atoms with Gasteiger partial charge in [-0.25, -0.2) is 0 Å². The Bertz CT molecular complexity index is 391. The number of rotatable bonds is 0. The second-order valence-electron chi connectivity index (χ2n) is 6.67. The van der Waals surface area contributed by atoms with E-state index in [1.807, 2.05) is 0 Å². The highest BCUT2D eigenvalue weighted by Crippen LogP contribution is 2.25. The molecule has 2 aliphatic rings. The molecule has 0 unspecified atom stereocenters. The molecule has 0 amide bonds. The van der Waals surface area contributed by atoms with Gasteiger partial charge in [-0.3, -0.25) is 0 Å². The zero-order valence-electron chi connectivity index (χ0n) is 12.6. The summed E-state index contributed by atoms with van der Waals surface area (Å²) >= 11 is 0. The van der Waals surface area contributed by atoms with Crippen molar-refractivity contribution < 1.29 is 8.42 Å². The monoisotopic (exact) mass is 285 g/mol. The largest absolute Gasteiger partial charge is 0.307 e. The van der Waals surface area contributed by atoms with Crippen LogP contribution in [0.15, 0.2) is 0 Å². The van der Waals surface area contributed by atoms with Crippen LogP contribution in [0.25, 0.3) is 0 Å². The summed E-state index contributed by atoms with van der Waals surface area (Å²) in [5, 5.41) is 3.55. The molecule has 110 valence electrons. The van der Waals surface area contributed by atoms with Gasteiger partial charge in [-0.05, 0) is 72.6 Å². The lowest BCUT2D eigenvalue weighted by Gasteiger charge is -2.42. The molecule has 1 saturated heterocycles. The van der Waals surface area contributed by atoms with Crippen molar-refractivity contribution in [2.24, 2.45) is 0 Å². The average Bonchev–Trinajstić information content (AvgIpc) is 2.27. The van der Waals surface area contributed by atoms with Crippen molar-refractivity contribution in [3.05, 3.63) is 12.8 Å². The lowest BCUT2D eigenvalue weighted by molar-refractivity contribution is 0.262. The van der Waals surface area contributed by atoms with Crippen LogP contribution in [0.2, 0.25) is 0 Å². The first-order valence-corrected chi connectivity index (χ1v) is 8.20. The highest BCUT2D eigenvalue weighted by atomic mass is 32.2. The summed E-state index contributed by atoms with van der Waals surface area (Å²) in [5.74, 6) is 0. The number of hydrogen-bond donors (Lipinski definition) is 1. The third-order valence-corrected chi connectivity index (χ3v) is 4.35. The molecule has 4 heteroatoms. The van der Waals surface area contributed by atoms with E-state index < -0.39 is 10.3 Å².